The van der Waals surface area contributed by atoms with Crippen LogP contribution >= 0.6 is 11.6 Å². The van der Waals surface area contributed by atoms with Gasteiger partial charge < -0.3 is 16.0 Å². The molecule has 0 saturated heterocycles. The molecule has 5 aromatic rings. The fourth-order valence-electron chi connectivity index (χ4n) is 5.73. The predicted octanol–water partition coefficient (Wildman–Crippen LogP) is 5.77. The van der Waals surface area contributed by atoms with E-state index in [1.54, 1.807) is 30.3 Å². The lowest BCUT2D eigenvalue weighted by Gasteiger charge is -2.16. The molecular formula is C34H27ClF2N6O4. The van der Waals surface area contributed by atoms with E-state index in [9.17, 15) is 28.0 Å². The molecule has 0 spiro atoms. The average Bonchev–Trinajstić information content (AvgIpc) is 3.66. The number of halogens is 3. The van der Waals surface area contributed by atoms with Crippen LogP contribution in [0.15, 0.2) is 66.9 Å². The Bertz CT molecular complexity index is 2110. The SMILES string of the molecule is CC(=O)c1ccc2c(c1C)CC[C@@H]2NC(=O)c1cc(C(=O)NCc2ccc(F)c(F)c2)nc2c(C(=O)Nc3cccc(Cl)c3)cnn12. The molecule has 3 amide bonds. The molecule has 3 aromatic carbocycles. The number of anilines is 1. The zero-order valence-corrected chi connectivity index (χ0v) is 25.9. The second-order valence-corrected chi connectivity index (χ2v) is 11.6. The number of nitrogens with one attached hydrogen (secondary N) is 3. The first-order valence-electron chi connectivity index (χ1n) is 14.6. The summed E-state index contributed by atoms with van der Waals surface area (Å²) < 4.78 is 28.3. The van der Waals surface area contributed by atoms with Crippen LogP contribution in [0.3, 0.4) is 0 Å². The summed E-state index contributed by atoms with van der Waals surface area (Å²) in [4.78, 5) is 56.9. The van der Waals surface area contributed by atoms with Crippen molar-refractivity contribution in [3.63, 3.8) is 0 Å². The van der Waals surface area contributed by atoms with E-state index in [2.05, 4.69) is 26.0 Å². The van der Waals surface area contributed by atoms with Crippen molar-refractivity contribution in [2.45, 2.75) is 39.3 Å². The van der Waals surface area contributed by atoms with Crippen molar-refractivity contribution in [3.05, 3.63) is 128 Å². The molecule has 0 radical (unpaired) electrons. The van der Waals surface area contributed by atoms with Crippen LogP contribution in [0.1, 0.15) is 83.3 Å². The van der Waals surface area contributed by atoms with Crippen LogP contribution < -0.4 is 16.0 Å². The summed E-state index contributed by atoms with van der Waals surface area (Å²) in [5.74, 6) is -4.05. The van der Waals surface area contributed by atoms with Gasteiger partial charge in [-0.25, -0.2) is 18.3 Å². The van der Waals surface area contributed by atoms with Gasteiger partial charge in [-0.2, -0.15) is 5.10 Å². The molecule has 0 unspecified atom stereocenters. The summed E-state index contributed by atoms with van der Waals surface area (Å²) >= 11 is 6.06. The first-order chi connectivity index (χ1) is 22.5. The summed E-state index contributed by atoms with van der Waals surface area (Å²) in [5.41, 5.74) is 3.73. The number of hydrogen-bond donors (Lipinski definition) is 3. The van der Waals surface area contributed by atoms with E-state index in [1.807, 2.05) is 13.0 Å². The van der Waals surface area contributed by atoms with Crippen molar-refractivity contribution in [1.82, 2.24) is 25.2 Å². The van der Waals surface area contributed by atoms with Gasteiger partial charge in [0.1, 0.15) is 17.0 Å². The van der Waals surface area contributed by atoms with Crippen molar-refractivity contribution in [2.24, 2.45) is 0 Å². The fourth-order valence-corrected chi connectivity index (χ4v) is 5.92. The third-order valence-corrected chi connectivity index (χ3v) is 8.31. The first-order valence-corrected chi connectivity index (χ1v) is 15.0. The van der Waals surface area contributed by atoms with E-state index in [-0.39, 0.29) is 41.0 Å². The number of Topliss-reactive ketones (excluding diaryl/α,β-unsaturated/α-hetero) is 1. The van der Waals surface area contributed by atoms with E-state index in [1.165, 1.54) is 29.8 Å². The minimum Gasteiger partial charge on any atom is -0.347 e. The quantitative estimate of drug-likeness (QED) is 0.182. The Hall–Kier alpha value is -5.49. The molecule has 0 aliphatic heterocycles. The maximum Gasteiger partial charge on any atom is 0.270 e. The Morgan fingerprint density at radius 3 is 2.51 bits per heavy atom. The highest BCUT2D eigenvalue weighted by molar-refractivity contribution is 6.31. The fraction of sp³-hybridized carbons (Fsp3) is 0.176. The Morgan fingerprint density at radius 2 is 1.77 bits per heavy atom. The molecule has 2 heterocycles. The number of fused-ring (bicyclic) bond motifs is 2. The molecule has 1 aliphatic rings. The topological polar surface area (TPSA) is 135 Å². The van der Waals surface area contributed by atoms with Gasteiger partial charge in [0.25, 0.3) is 17.7 Å². The molecular weight excluding hydrogens is 630 g/mol. The number of carbonyl (C=O) groups excluding carboxylic acids is 4. The van der Waals surface area contributed by atoms with E-state index in [0.717, 1.165) is 28.8 Å². The van der Waals surface area contributed by atoms with Crippen molar-refractivity contribution in [2.75, 3.05) is 5.32 Å². The number of nitrogens with zero attached hydrogens (tertiary/aromatic N) is 3. The molecule has 1 atom stereocenters. The maximum atomic E-state index is 13.8. The summed E-state index contributed by atoms with van der Waals surface area (Å²) in [5, 5.41) is 13.0. The molecule has 0 saturated carbocycles. The summed E-state index contributed by atoms with van der Waals surface area (Å²) in [6.45, 7) is 3.24. The van der Waals surface area contributed by atoms with Gasteiger partial charge >= 0.3 is 0 Å². The average molecular weight is 657 g/mol. The van der Waals surface area contributed by atoms with Crippen molar-refractivity contribution >= 4 is 46.4 Å². The van der Waals surface area contributed by atoms with E-state index < -0.39 is 29.4 Å². The molecule has 2 aromatic heterocycles. The van der Waals surface area contributed by atoms with Gasteiger partial charge in [-0.1, -0.05) is 35.9 Å². The van der Waals surface area contributed by atoms with Gasteiger partial charge in [-0.15, -0.1) is 0 Å². The van der Waals surface area contributed by atoms with Crippen LogP contribution in [0.5, 0.6) is 0 Å². The van der Waals surface area contributed by atoms with Crippen molar-refractivity contribution < 1.29 is 28.0 Å². The lowest BCUT2D eigenvalue weighted by Crippen LogP contribution is -2.31. The zero-order chi connectivity index (χ0) is 33.4. The number of aromatic nitrogens is 3. The molecule has 238 valence electrons. The van der Waals surface area contributed by atoms with Crippen LogP contribution in [-0.2, 0) is 13.0 Å². The largest absolute Gasteiger partial charge is 0.347 e. The number of carbonyl (C=O) groups is 4. The Labute approximate surface area is 272 Å². The van der Waals surface area contributed by atoms with E-state index in [4.69, 9.17) is 11.6 Å². The molecule has 0 fully saturated rings. The summed E-state index contributed by atoms with van der Waals surface area (Å²) in [7, 11) is 0. The molecule has 3 N–H and O–H groups in total. The van der Waals surface area contributed by atoms with Crippen LogP contribution in [-0.4, -0.2) is 38.1 Å². The molecule has 1 aliphatic carbocycles. The van der Waals surface area contributed by atoms with Gasteiger partial charge in [0.2, 0.25) is 0 Å². The third-order valence-electron chi connectivity index (χ3n) is 8.08. The van der Waals surface area contributed by atoms with Crippen LogP contribution in [0.25, 0.3) is 5.65 Å². The lowest BCUT2D eigenvalue weighted by atomic mass is 9.96. The minimum atomic E-state index is -1.06. The number of amides is 3. The van der Waals surface area contributed by atoms with Gasteiger partial charge in [0, 0.05) is 28.9 Å². The van der Waals surface area contributed by atoms with Gasteiger partial charge in [0.15, 0.2) is 23.1 Å². The highest BCUT2D eigenvalue weighted by Crippen LogP contribution is 2.35. The highest BCUT2D eigenvalue weighted by Gasteiger charge is 2.29. The van der Waals surface area contributed by atoms with E-state index >= 15 is 0 Å². The van der Waals surface area contributed by atoms with Gasteiger partial charge in [-0.05, 0) is 79.3 Å². The molecule has 10 nitrogen and oxygen atoms in total. The predicted molar refractivity (Wildman–Crippen MR) is 170 cm³/mol. The number of rotatable bonds is 8. The Morgan fingerprint density at radius 1 is 0.957 bits per heavy atom. The molecule has 13 heteroatoms. The highest BCUT2D eigenvalue weighted by atomic mass is 35.5. The van der Waals surface area contributed by atoms with Crippen molar-refractivity contribution in [1.29, 1.82) is 0 Å². The third kappa shape index (κ3) is 6.32. The standard InChI is InChI=1S/C34H27ClF2N6O4/c1-17-22(18(2)44)7-8-24-23(17)9-11-28(24)42-34(47)30-14-29(33(46)38-15-19-6-10-26(36)27(37)12-19)41-31-25(16-39-43(30)31)32(45)40-21-5-3-4-20(35)13-21/h3-8,10,12-14,16,28H,9,11,15H2,1-2H3,(H,38,46)(H,40,45)(H,42,47)/t28-/m0/s1. The van der Waals surface area contributed by atoms with Crippen LogP contribution in [0.4, 0.5) is 14.5 Å². The van der Waals surface area contributed by atoms with Crippen LogP contribution in [0.2, 0.25) is 5.02 Å². The smallest absolute Gasteiger partial charge is 0.270 e. The monoisotopic (exact) mass is 656 g/mol. The van der Waals surface area contributed by atoms with Crippen molar-refractivity contribution in [3.8, 4) is 0 Å². The molecule has 0 bridgehead atoms. The van der Waals surface area contributed by atoms with E-state index in [0.29, 0.717) is 34.7 Å². The van der Waals surface area contributed by atoms with Crippen LogP contribution in [0, 0.1) is 18.6 Å². The molecule has 47 heavy (non-hydrogen) atoms. The minimum absolute atomic E-state index is 0.0205. The zero-order valence-electron chi connectivity index (χ0n) is 25.2. The first kappa shape index (κ1) is 31.5. The Balaban J connectivity index is 1.34. The Kier molecular flexibility index (Phi) is 8.52. The second-order valence-electron chi connectivity index (χ2n) is 11.1. The summed E-state index contributed by atoms with van der Waals surface area (Å²) in [6.07, 6.45) is 2.48. The maximum absolute atomic E-state index is 13.8. The van der Waals surface area contributed by atoms with Gasteiger partial charge in [0.05, 0.1) is 12.2 Å². The second kappa shape index (κ2) is 12.7. The number of ketones is 1. The normalized spacial score (nSPS) is 13.7. The number of hydrogen-bond acceptors (Lipinski definition) is 6. The number of benzene rings is 3. The molecule has 6 rings (SSSR count). The van der Waals surface area contributed by atoms with Gasteiger partial charge in [-0.3, -0.25) is 19.2 Å². The summed E-state index contributed by atoms with van der Waals surface area (Å²) in [6, 6.07) is 14.2. The lowest BCUT2D eigenvalue weighted by molar-refractivity contribution is 0.0926.